The molecular weight excluding hydrogens is 308 g/mol. The molecule has 1 aliphatic heterocycles. The number of benzene rings is 1. The van der Waals surface area contributed by atoms with E-state index in [1.54, 1.807) is 20.3 Å². The number of carbonyl (C=O) groups excluding carboxylic acids is 1. The zero-order chi connectivity index (χ0) is 17.5. The molecule has 1 amide bonds. The minimum absolute atomic E-state index is 0.00835. The molecule has 0 aromatic heterocycles. The second kappa shape index (κ2) is 8.70. The summed E-state index contributed by atoms with van der Waals surface area (Å²) in [5.74, 6) is 1.41. The summed E-state index contributed by atoms with van der Waals surface area (Å²) in [5.41, 5.74) is 1.74. The van der Waals surface area contributed by atoms with Gasteiger partial charge in [0.1, 0.15) is 11.5 Å². The van der Waals surface area contributed by atoms with Gasteiger partial charge < -0.3 is 19.5 Å². The largest absolute Gasteiger partial charge is 0.497 e. The molecular formula is C18H26N2O4. The van der Waals surface area contributed by atoms with Gasteiger partial charge in [0.25, 0.3) is 0 Å². The molecule has 1 saturated heterocycles. The van der Waals surface area contributed by atoms with Gasteiger partial charge in [-0.25, -0.2) is 0 Å². The molecule has 0 unspecified atom stereocenters. The molecule has 0 bridgehead atoms. The van der Waals surface area contributed by atoms with Gasteiger partial charge >= 0.3 is 0 Å². The number of methoxy groups -OCH3 is 2. The van der Waals surface area contributed by atoms with Crippen LogP contribution < -0.4 is 9.47 Å². The molecule has 1 heterocycles. The van der Waals surface area contributed by atoms with Gasteiger partial charge in [0.15, 0.2) is 0 Å². The first-order chi connectivity index (χ1) is 11.6. The van der Waals surface area contributed by atoms with E-state index in [4.69, 9.17) is 14.6 Å². The maximum Gasteiger partial charge on any atom is 0.246 e. The zero-order valence-electron chi connectivity index (χ0n) is 14.6. The predicted molar refractivity (Wildman–Crippen MR) is 93.3 cm³/mol. The van der Waals surface area contributed by atoms with Crippen molar-refractivity contribution in [1.29, 1.82) is 0 Å². The molecule has 24 heavy (non-hydrogen) atoms. The lowest BCUT2D eigenvalue weighted by Gasteiger charge is -2.33. The Bertz CT molecular complexity index is 593. The van der Waals surface area contributed by atoms with Crippen molar-refractivity contribution in [1.82, 2.24) is 9.80 Å². The standard InChI is InChI=1S/C18H26N2O4/c1-14(16-5-4-15(23-2)13-17(16)24-3)12-18(22)20-8-6-19(7-9-20)10-11-21/h4-5,12-13,21H,6-11H2,1-3H3/b14-12+. The molecule has 1 aromatic rings. The number of carbonyl (C=O) groups is 1. The summed E-state index contributed by atoms with van der Waals surface area (Å²) in [7, 11) is 3.21. The Balaban J connectivity index is 2.06. The van der Waals surface area contributed by atoms with Crippen LogP contribution in [0, 0.1) is 0 Å². The van der Waals surface area contributed by atoms with Crippen LogP contribution >= 0.6 is 0 Å². The van der Waals surface area contributed by atoms with Crippen LogP contribution in [0.2, 0.25) is 0 Å². The summed E-state index contributed by atoms with van der Waals surface area (Å²) in [6.07, 6.45) is 1.66. The highest BCUT2D eigenvalue weighted by Gasteiger charge is 2.20. The van der Waals surface area contributed by atoms with Crippen molar-refractivity contribution >= 4 is 11.5 Å². The maximum atomic E-state index is 12.5. The summed E-state index contributed by atoms with van der Waals surface area (Å²) in [4.78, 5) is 16.5. The highest BCUT2D eigenvalue weighted by molar-refractivity contribution is 5.95. The third kappa shape index (κ3) is 4.49. The monoisotopic (exact) mass is 334 g/mol. The van der Waals surface area contributed by atoms with Gasteiger partial charge in [-0.05, 0) is 24.6 Å². The molecule has 6 nitrogen and oxygen atoms in total. The number of β-amino-alcohol motifs (C(OH)–C–C–N with tert-alkyl or cyclic N) is 1. The number of rotatable bonds is 6. The van der Waals surface area contributed by atoms with E-state index >= 15 is 0 Å². The number of piperazine rings is 1. The normalized spacial score (nSPS) is 16.2. The van der Waals surface area contributed by atoms with E-state index in [1.807, 2.05) is 30.0 Å². The topological polar surface area (TPSA) is 62.2 Å². The van der Waals surface area contributed by atoms with Crippen LogP contribution in [-0.4, -0.2) is 74.4 Å². The van der Waals surface area contributed by atoms with Crippen molar-refractivity contribution in [2.24, 2.45) is 0 Å². The molecule has 0 saturated carbocycles. The van der Waals surface area contributed by atoms with Crippen molar-refractivity contribution in [3.8, 4) is 11.5 Å². The van der Waals surface area contributed by atoms with Crippen LogP contribution in [0.25, 0.3) is 5.57 Å². The lowest BCUT2D eigenvalue weighted by atomic mass is 10.1. The van der Waals surface area contributed by atoms with Crippen LogP contribution in [0.15, 0.2) is 24.3 Å². The SMILES string of the molecule is COc1ccc(/C(C)=C/C(=O)N2CCN(CCO)CC2)c(OC)c1. The highest BCUT2D eigenvalue weighted by atomic mass is 16.5. The first-order valence-electron chi connectivity index (χ1n) is 8.12. The van der Waals surface area contributed by atoms with E-state index in [0.717, 1.165) is 30.0 Å². The van der Waals surface area contributed by atoms with Crippen LogP contribution in [0.3, 0.4) is 0 Å². The fourth-order valence-corrected chi connectivity index (χ4v) is 2.81. The Labute approximate surface area is 143 Å². The van der Waals surface area contributed by atoms with Crippen molar-refractivity contribution < 1.29 is 19.4 Å². The smallest absolute Gasteiger partial charge is 0.246 e. The Morgan fingerprint density at radius 2 is 1.92 bits per heavy atom. The zero-order valence-corrected chi connectivity index (χ0v) is 14.6. The quantitative estimate of drug-likeness (QED) is 0.793. The lowest BCUT2D eigenvalue weighted by Crippen LogP contribution is -2.48. The first kappa shape index (κ1) is 18.3. The molecule has 6 heteroatoms. The third-order valence-corrected chi connectivity index (χ3v) is 4.27. The second-order valence-corrected chi connectivity index (χ2v) is 5.78. The van der Waals surface area contributed by atoms with Gasteiger partial charge in [-0.1, -0.05) is 0 Å². The summed E-state index contributed by atoms with van der Waals surface area (Å²) >= 11 is 0. The number of hydrogen-bond donors (Lipinski definition) is 1. The molecule has 132 valence electrons. The maximum absolute atomic E-state index is 12.5. The molecule has 2 rings (SSSR count). The molecule has 1 aromatic carbocycles. The third-order valence-electron chi connectivity index (χ3n) is 4.27. The molecule has 0 aliphatic carbocycles. The number of hydrogen-bond acceptors (Lipinski definition) is 5. The van der Waals surface area contributed by atoms with Crippen molar-refractivity contribution in [3.63, 3.8) is 0 Å². The van der Waals surface area contributed by atoms with E-state index in [1.165, 1.54) is 0 Å². The Morgan fingerprint density at radius 1 is 1.21 bits per heavy atom. The van der Waals surface area contributed by atoms with Gasteiger partial charge in [0.05, 0.1) is 20.8 Å². The lowest BCUT2D eigenvalue weighted by molar-refractivity contribution is -0.127. The predicted octanol–water partition coefficient (Wildman–Crippen LogP) is 1.24. The highest BCUT2D eigenvalue weighted by Crippen LogP contribution is 2.30. The number of aliphatic hydroxyl groups is 1. The van der Waals surface area contributed by atoms with Gasteiger partial charge in [-0.2, -0.15) is 0 Å². The van der Waals surface area contributed by atoms with Gasteiger partial charge in [-0.15, -0.1) is 0 Å². The fraction of sp³-hybridized carbons (Fsp3) is 0.500. The Kier molecular flexibility index (Phi) is 6.63. The summed E-state index contributed by atoms with van der Waals surface area (Å²) in [6.45, 7) is 5.69. The number of aliphatic hydroxyl groups excluding tert-OH is 1. The summed E-state index contributed by atoms with van der Waals surface area (Å²) in [5, 5.41) is 8.97. The van der Waals surface area contributed by atoms with Gasteiger partial charge in [0, 0.05) is 50.4 Å². The molecule has 1 fully saturated rings. The number of amides is 1. The molecule has 1 N–H and O–H groups in total. The van der Waals surface area contributed by atoms with Gasteiger partial charge in [-0.3, -0.25) is 9.69 Å². The minimum atomic E-state index is 0.00835. The fourth-order valence-electron chi connectivity index (χ4n) is 2.81. The number of nitrogens with zero attached hydrogens (tertiary/aromatic N) is 2. The number of ether oxygens (including phenoxy) is 2. The van der Waals surface area contributed by atoms with Crippen molar-refractivity contribution in [3.05, 3.63) is 29.8 Å². The second-order valence-electron chi connectivity index (χ2n) is 5.78. The van der Waals surface area contributed by atoms with E-state index in [0.29, 0.717) is 25.4 Å². The van der Waals surface area contributed by atoms with Crippen molar-refractivity contribution in [2.45, 2.75) is 6.92 Å². The molecule has 0 spiro atoms. The van der Waals surface area contributed by atoms with Crippen molar-refractivity contribution in [2.75, 3.05) is 53.6 Å². The molecule has 0 radical (unpaired) electrons. The van der Waals surface area contributed by atoms with E-state index < -0.39 is 0 Å². The van der Waals surface area contributed by atoms with Crippen LogP contribution in [0.5, 0.6) is 11.5 Å². The van der Waals surface area contributed by atoms with E-state index in [-0.39, 0.29) is 12.5 Å². The van der Waals surface area contributed by atoms with E-state index in [2.05, 4.69) is 4.90 Å². The van der Waals surface area contributed by atoms with Crippen LogP contribution in [-0.2, 0) is 4.79 Å². The minimum Gasteiger partial charge on any atom is -0.497 e. The average molecular weight is 334 g/mol. The van der Waals surface area contributed by atoms with E-state index in [9.17, 15) is 4.79 Å². The van der Waals surface area contributed by atoms with Crippen LogP contribution in [0.4, 0.5) is 0 Å². The van der Waals surface area contributed by atoms with Gasteiger partial charge in [0.2, 0.25) is 5.91 Å². The molecule has 0 atom stereocenters. The Morgan fingerprint density at radius 3 is 2.50 bits per heavy atom. The molecule has 1 aliphatic rings. The van der Waals surface area contributed by atoms with Crippen LogP contribution in [0.1, 0.15) is 12.5 Å². The summed E-state index contributed by atoms with van der Waals surface area (Å²) in [6, 6.07) is 5.56. The Hall–Kier alpha value is -2.05. The summed E-state index contributed by atoms with van der Waals surface area (Å²) < 4.78 is 10.6. The average Bonchev–Trinajstić information content (AvgIpc) is 2.61. The number of allylic oxidation sites excluding steroid dienone is 1. The first-order valence-corrected chi connectivity index (χ1v) is 8.12.